The number of benzene rings is 1. The number of aryl methyl sites for hydroxylation is 3. The van der Waals surface area contributed by atoms with E-state index < -0.39 is 0 Å². The topological polar surface area (TPSA) is 59.3 Å². The summed E-state index contributed by atoms with van der Waals surface area (Å²) in [6.07, 6.45) is 2.46. The fourth-order valence-corrected chi connectivity index (χ4v) is 2.88. The highest BCUT2D eigenvalue weighted by atomic mass is 16.2. The molecule has 0 aliphatic heterocycles. The van der Waals surface area contributed by atoms with Gasteiger partial charge in [0.25, 0.3) is 5.91 Å². The molecular formula is C19H22N4O. The predicted octanol–water partition coefficient (Wildman–Crippen LogP) is 3.54. The van der Waals surface area contributed by atoms with Crippen LogP contribution in [0.1, 0.15) is 52.4 Å². The monoisotopic (exact) mass is 322 g/mol. The van der Waals surface area contributed by atoms with Crippen molar-refractivity contribution >= 4 is 11.6 Å². The molecule has 0 bridgehead atoms. The molecule has 3 rings (SSSR count). The van der Waals surface area contributed by atoms with E-state index in [1.54, 1.807) is 6.33 Å². The Morgan fingerprint density at radius 1 is 1.21 bits per heavy atom. The van der Waals surface area contributed by atoms with Crippen molar-refractivity contribution in [2.24, 2.45) is 0 Å². The van der Waals surface area contributed by atoms with E-state index in [1.165, 1.54) is 5.56 Å². The molecule has 1 N–H and O–H groups in total. The summed E-state index contributed by atoms with van der Waals surface area (Å²) in [5.41, 5.74) is 5.15. The van der Waals surface area contributed by atoms with Crippen LogP contribution in [0.3, 0.4) is 0 Å². The second-order valence-corrected chi connectivity index (χ2v) is 6.17. The molecule has 5 nitrogen and oxygen atoms in total. The molecule has 1 aromatic carbocycles. The normalized spacial score (nSPS) is 12.3. The Morgan fingerprint density at radius 3 is 2.58 bits per heavy atom. The number of hydrogen-bond donors (Lipinski definition) is 1. The summed E-state index contributed by atoms with van der Waals surface area (Å²) in [6.45, 7) is 8.01. The number of amides is 1. The Morgan fingerprint density at radius 2 is 1.92 bits per heavy atom. The lowest BCUT2D eigenvalue weighted by Gasteiger charge is -2.17. The first-order valence-electron chi connectivity index (χ1n) is 8.18. The van der Waals surface area contributed by atoms with Crippen molar-refractivity contribution in [1.29, 1.82) is 0 Å². The molecule has 0 radical (unpaired) electrons. The van der Waals surface area contributed by atoms with Crippen molar-refractivity contribution in [1.82, 2.24) is 19.7 Å². The Kier molecular flexibility index (Phi) is 4.34. The van der Waals surface area contributed by atoms with Gasteiger partial charge in [-0.2, -0.15) is 0 Å². The molecule has 1 unspecified atom stereocenters. The number of hydrogen-bond acceptors (Lipinski definition) is 3. The second kappa shape index (κ2) is 6.43. The molecule has 0 spiro atoms. The van der Waals surface area contributed by atoms with Crippen LogP contribution in [-0.2, 0) is 0 Å². The van der Waals surface area contributed by atoms with Crippen molar-refractivity contribution in [2.75, 3.05) is 0 Å². The van der Waals surface area contributed by atoms with Gasteiger partial charge in [-0.3, -0.25) is 9.20 Å². The van der Waals surface area contributed by atoms with Crippen molar-refractivity contribution in [2.45, 2.75) is 40.2 Å². The van der Waals surface area contributed by atoms with Gasteiger partial charge in [0.1, 0.15) is 6.33 Å². The van der Waals surface area contributed by atoms with E-state index in [1.807, 2.05) is 24.3 Å². The lowest BCUT2D eigenvalue weighted by atomic mass is 10.0. The molecule has 1 atom stereocenters. The van der Waals surface area contributed by atoms with Gasteiger partial charge in [-0.25, -0.2) is 9.97 Å². The van der Waals surface area contributed by atoms with Gasteiger partial charge in [0.2, 0.25) is 0 Å². The maximum Gasteiger partial charge on any atom is 0.274 e. The summed E-state index contributed by atoms with van der Waals surface area (Å²) < 4.78 is 1.84. The number of carbonyl (C=O) groups is 1. The first-order valence-corrected chi connectivity index (χ1v) is 8.18. The van der Waals surface area contributed by atoms with Crippen LogP contribution in [0.2, 0.25) is 0 Å². The SMILES string of the molecule is CCC(NC(=O)c1ncn2c(C)cc(C)nc12)c1ccc(C)cc1. The maximum absolute atomic E-state index is 12.7. The molecule has 1 amide bonds. The third-order valence-corrected chi connectivity index (χ3v) is 4.23. The van der Waals surface area contributed by atoms with Gasteiger partial charge in [0, 0.05) is 11.4 Å². The molecule has 0 aliphatic carbocycles. The minimum absolute atomic E-state index is 0.0410. The lowest BCUT2D eigenvalue weighted by molar-refractivity contribution is 0.0932. The number of imidazole rings is 1. The summed E-state index contributed by atoms with van der Waals surface area (Å²) in [7, 11) is 0. The summed E-state index contributed by atoms with van der Waals surface area (Å²) >= 11 is 0. The molecule has 5 heteroatoms. The van der Waals surface area contributed by atoms with Crippen LogP contribution in [0, 0.1) is 20.8 Å². The predicted molar refractivity (Wildman–Crippen MR) is 94.1 cm³/mol. The van der Waals surface area contributed by atoms with Crippen molar-refractivity contribution < 1.29 is 4.79 Å². The van der Waals surface area contributed by atoms with Crippen LogP contribution in [0.5, 0.6) is 0 Å². The lowest BCUT2D eigenvalue weighted by Crippen LogP contribution is -2.28. The quantitative estimate of drug-likeness (QED) is 0.799. The summed E-state index contributed by atoms with van der Waals surface area (Å²) in [5, 5.41) is 3.08. The van der Waals surface area contributed by atoms with Crippen LogP contribution < -0.4 is 5.32 Å². The fourth-order valence-electron chi connectivity index (χ4n) is 2.88. The first-order chi connectivity index (χ1) is 11.5. The Labute approximate surface area is 141 Å². The van der Waals surface area contributed by atoms with Gasteiger partial charge in [0.15, 0.2) is 11.3 Å². The number of carbonyl (C=O) groups excluding carboxylic acids is 1. The highest BCUT2D eigenvalue weighted by Gasteiger charge is 2.19. The van der Waals surface area contributed by atoms with Gasteiger partial charge >= 0.3 is 0 Å². The van der Waals surface area contributed by atoms with E-state index in [-0.39, 0.29) is 11.9 Å². The molecule has 3 aromatic rings. The molecule has 2 heterocycles. The molecule has 0 saturated heterocycles. The molecule has 0 saturated carbocycles. The van der Waals surface area contributed by atoms with E-state index in [0.29, 0.717) is 11.3 Å². The Hall–Kier alpha value is -2.69. The van der Waals surface area contributed by atoms with Crippen LogP contribution >= 0.6 is 0 Å². The number of nitrogens with zero attached hydrogens (tertiary/aromatic N) is 3. The number of nitrogens with one attached hydrogen (secondary N) is 1. The van der Waals surface area contributed by atoms with E-state index >= 15 is 0 Å². The largest absolute Gasteiger partial charge is 0.344 e. The average Bonchev–Trinajstić information content (AvgIpc) is 2.97. The fraction of sp³-hybridized carbons (Fsp3) is 0.316. The zero-order chi connectivity index (χ0) is 17.3. The van der Waals surface area contributed by atoms with E-state index in [0.717, 1.165) is 23.4 Å². The highest BCUT2D eigenvalue weighted by molar-refractivity contribution is 5.98. The molecule has 0 aliphatic rings. The minimum atomic E-state index is -0.192. The standard InChI is InChI=1S/C19H22N4O/c1-5-16(15-8-6-12(2)7-9-15)22-19(24)17-18-21-13(3)10-14(4)23(18)11-20-17/h6-11,16H,5H2,1-4H3,(H,22,24). The van der Waals surface area contributed by atoms with Gasteiger partial charge in [-0.05, 0) is 38.8 Å². The van der Waals surface area contributed by atoms with Crippen LogP contribution in [-0.4, -0.2) is 20.3 Å². The zero-order valence-electron chi connectivity index (χ0n) is 14.5. The summed E-state index contributed by atoms with van der Waals surface area (Å²) in [6, 6.07) is 10.2. The van der Waals surface area contributed by atoms with Crippen molar-refractivity contribution in [3.8, 4) is 0 Å². The number of rotatable bonds is 4. The van der Waals surface area contributed by atoms with Crippen LogP contribution in [0.25, 0.3) is 5.65 Å². The van der Waals surface area contributed by atoms with Crippen LogP contribution in [0.4, 0.5) is 0 Å². The van der Waals surface area contributed by atoms with Crippen LogP contribution in [0.15, 0.2) is 36.7 Å². The first kappa shape index (κ1) is 16.2. The van der Waals surface area contributed by atoms with Gasteiger partial charge in [-0.1, -0.05) is 36.8 Å². The van der Waals surface area contributed by atoms with E-state index in [9.17, 15) is 4.79 Å². The molecule has 2 aromatic heterocycles. The van der Waals surface area contributed by atoms with Gasteiger partial charge in [-0.15, -0.1) is 0 Å². The third-order valence-electron chi connectivity index (χ3n) is 4.23. The second-order valence-electron chi connectivity index (χ2n) is 6.17. The zero-order valence-corrected chi connectivity index (χ0v) is 14.5. The molecule has 0 fully saturated rings. The highest BCUT2D eigenvalue weighted by Crippen LogP contribution is 2.19. The van der Waals surface area contributed by atoms with Gasteiger partial charge < -0.3 is 5.32 Å². The molecule has 24 heavy (non-hydrogen) atoms. The minimum Gasteiger partial charge on any atom is -0.344 e. The molecular weight excluding hydrogens is 300 g/mol. The van der Waals surface area contributed by atoms with Gasteiger partial charge in [0.05, 0.1) is 6.04 Å². The Balaban J connectivity index is 1.90. The number of aromatic nitrogens is 3. The Bertz CT molecular complexity index is 880. The number of fused-ring (bicyclic) bond motifs is 1. The smallest absolute Gasteiger partial charge is 0.274 e. The maximum atomic E-state index is 12.7. The van der Waals surface area contributed by atoms with E-state index in [4.69, 9.17) is 0 Å². The van der Waals surface area contributed by atoms with Crippen molar-refractivity contribution in [3.05, 3.63) is 64.9 Å². The third kappa shape index (κ3) is 3.02. The van der Waals surface area contributed by atoms with Crippen molar-refractivity contribution in [3.63, 3.8) is 0 Å². The molecule has 124 valence electrons. The summed E-state index contributed by atoms with van der Waals surface area (Å²) in [4.78, 5) is 21.5. The average molecular weight is 322 g/mol. The van der Waals surface area contributed by atoms with E-state index in [2.05, 4.69) is 53.4 Å². The summed E-state index contributed by atoms with van der Waals surface area (Å²) in [5.74, 6) is -0.192.